The van der Waals surface area contributed by atoms with Crippen LogP contribution in [-0.2, 0) is 28.6 Å². The Kier molecular flexibility index (Phi) is 9.98. The lowest BCUT2D eigenvalue weighted by molar-refractivity contribution is -0.176. The molecule has 1 aliphatic heterocycles. The van der Waals surface area contributed by atoms with Crippen LogP contribution in [0.5, 0.6) is 5.75 Å². The molecular weight excluding hydrogens is 520 g/mol. The summed E-state index contributed by atoms with van der Waals surface area (Å²) in [5.41, 5.74) is 1.21. The van der Waals surface area contributed by atoms with Gasteiger partial charge in [0.15, 0.2) is 23.6 Å². The molecule has 0 saturated carbocycles. The Hall–Kier alpha value is -4.28. The molecule has 1 amide bonds. The molecule has 11 nitrogen and oxygen atoms in total. The van der Waals surface area contributed by atoms with Crippen molar-refractivity contribution in [2.45, 2.75) is 66.2 Å². The van der Waals surface area contributed by atoms with Gasteiger partial charge in [-0.2, -0.15) is 0 Å². The number of aryl methyl sites for hydroxylation is 2. The maximum Gasteiger partial charge on any atom is 0.343 e. The van der Waals surface area contributed by atoms with Crippen LogP contribution in [0.4, 0.5) is 0 Å². The molecule has 214 valence electrons. The number of rotatable bonds is 7. The van der Waals surface area contributed by atoms with Crippen LogP contribution in [0.25, 0.3) is 0 Å². The van der Waals surface area contributed by atoms with Crippen LogP contribution < -0.4 is 10.1 Å². The first kappa shape index (κ1) is 30.3. The maximum atomic E-state index is 13.3. The molecule has 1 N–H and O–H groups in total. The predicted octanol–water partition coefficient (Wildman–Crippen LogP) is 3.10. The molecule has 1 aliphatic rings. The molecule has 11 heteroatoms. The maximum absolute atomic E-state index is 13.3. The predicted molar refractivity (Wildman–Crippen MR) is 141 cm³/mol. The normalized spacial score (nSPS) is 21.3. The second kappa shape index (κ2) is 13.2. The Balaban J connectivity index is 1.84. The summed E-state index contributed by atoms with van der Waals surface area (Å²) in [6.07, 6.45) is -0.459. The third kappa shape index (κ3) is 7.02. The largest absolute Gasteiger partial charge is 0.463 e. The third-order valence-electron chi connectivity index (χ3n) is 6.49. The number of hydrogen-bond acceptors (Lipinski definition) is 10. The van der Waals surface area contributed by atoms with Gasteiger partial charge in [0.05, 0.1) is 17.4 Å². The van der Waals surface area contributed by atoms with E-state index >= 15 is 0 Å². The molecule has 1 aromatic heterocycles. The van der Waals surface area contributed by atoms with Gasteiger partial charge in [-0.25, -0.2) is 14.6 Å². The van der Waals surface area contributed by atoms with Crippen molar-refractivity contribution >= 4 is 29.8 Å². The lowest BCUT2D eigenvalue weighted by Crippen LogP contribution is -2.47. The minimum atomic E-state index is -1.40. The number of nitrogens with one attached hydrogen (secondary N) is 1. The Labute approximate surface area is 232 Å². The lowest BCUT2D eigenvalue weighted by Gasteiger charge is -2.29. The summed E-state index contributed by atoms with van der Waals surface area (Å²) >= 11 is 0. The van der Waals surface area contributed by atoms with Gasteiger partial charge in [0.1, 0.15) is 12.7 Å². The van der Waals surface area contributed by atoms with E-state index in [-0.39, 0.29) is 17.9 Å². The lowest BCUT2D eigenvalue weighted by atomic mass is 9.95. The first-order chi connectivity index (χ1) is 18.9. The Morgan fingerprint density at radius 3 is 2.42 bits per heavy atom. The number of pyridine rings is 1. The number of carbonyl (C=O) groups excluding carboxylic acids is 5. The molecule has 4 atom stereocenters. The molecule has 0 spiro atoms. The average molecular weight is 555 g/mol. The number of esters is 4. The molecular formula is C29H34N2O9. The van der Waals surface area contributed by atoms with E-state index in [2.05, 4.69) is 10.3 Å². The Bertz CT molecular complexity index is 1290. The number of hydrogen-bond donors (Lipinski definition) is 1. The van der Waals surface area contributed by atoms with Gasteiger partial charge < -0.3 is 24.3 Å². The zero-order chi connectivity index (χ0) is 29.6. The molecule has 4 unspecified atom stereocenters. The fraction of sp³-hybridized carbons (Fsp3) is 0.448. The van der Waals surface area contributed by atoms with E-state index in [1.807, 2.05) is 0 Å². The van der Waals surface area contributed by atoms with E-state index in [9.17, 15) is 24.0 Å². The Morgan fingerprint density at radius 1 is 1.07 bits per heavy atom. The molecule has 1 saturated heterocycles. The zero-order valence-corrected chi connectivity index (χ0v) is 23.4. The van der Waals surface area contributed by atoms with Gasteiger partial charge in [-0.1, -0.05) is 39.0 Å². The monoisotopic (exact) mass is 554 g/mol. The van der Waals surface area contributed by atoms with Crippen LogP contribution in [0.1, 0.15) is 66.1 Å². The number of ether oxygens (including phenoxy) is 4. The minimum absolute atomic E-state index is 0.0817. The SMILES string of the molecule is CCC1C(=O)OCC(NC(=O)c2nccc(C)c2OC(=O)c2ccccc2C)C(=O)OC(C)C1OC(=O)C(C)C. The molecule has 0 aliphatic carbocycles. The fourth-order valence-electron chi connectivity index (χ4n) is 4.09. The molecule has 0 radical (unpaired) electrons. The van der Waals surface area contributed by atoms with E-state index in [0.29, 0.717) is 16.7 Å². The summed E-state index contributed by atoms with van der Waals surface area (Å²) in [5.74, 6) is -5.12. The van der Waals surface area contributed by atoms with Crippen molar-refractivity contribution in [1.82, 2.24) is 10.3 Å². The summed E-state index contributed by atoms with van der Waals surface area (Å²) in [6.45, 7) is 9.37. The first-order valence-electron chi connectivity index (χ1n) is 13.1. The summed E-state index contributed by atoms with van der Waals surface area (Å²) in [6, 6.07) is 6.99. The van der Waals surface area contributed by atoms with E-state index in [4.69, 9.17) is 18.9 Å². The van der Waals surface area contributed by atoms with E-state index in [0.717, 1.165) is 0 Å². The summed E-state index contributed by atoms with van der Waals surface area (Å²) < 4.78 is 21.9. The smallest absolute Gasteiger partial charge is 0.343 e. The molecule has 0 bridgehead atoms. The highest BCUT2D eigenvalue weighted by Gasteiger charge is 2.41. The van der Waals surface area contributed by atoms with Crippen molar-refractivity contribution in [3.63, 3.8) is 0 Å². The molecule has 1 aromatic carbocycles. The molecule has 3 rings (SSSR count). The molecule has 40 heavy (non-hydrogen) atoms. The van der Waals surface area contributed by atoms with Crippen molar-refractivity contribution in [3.8, 4) is 5.75 Å². The number of nitrogens with zero attached hydrogens (tertiary/aromatic N) is 1. The van der Waals surface area contributed by atoms with Crippen LogP contribution in [0, 0.1) is 25.7 Å². The van der Waals surface area contributed by atoms with Gasteiger partial charge in [-0.05, 0) is 50.5 Å². The number of carbonyl (C=O) groups is 5. The second-order valence-corrected chi connectivity index (χ2v) is 9.88. The van der Waals surface area contributed by atoms with Crippen LogP contribution in [0.2, 0.25) is 0 Å². The van der Waals surface area contributed by atoms with E-state index < -0.39 is 66.5 Å². The van der Waals surface area contributed by atoms with Gasteiger partial charge in [0, 0.05) is 6.20 Å². The number of benzene rings is 1. The van der Waals surface area contributed by atoms with Gasteiger partial charge in [-0.3, -0.25) is 14.4 Å². The van der Waals surface area contributed by atoms with Crippen molar-refractivity contribution in [1.29, 1.82) is 0 Å². The summed E-state index contributed by atoms with van der Waals surface area (Å²) in [4.78, 5) is 68.4. The van der Waals surface area contributed by atoms with Crippen LogP contribution in [-0.4, -0.2) is 59.6 Å². The highest BCUT2D eigenvalue weighted by Crippen LogP contribution is 2.25. The van der Waals surface area contributed by atoms with Gasteiger partial charge in [0.2, 0.25) is 0 Å². The van der Waals surface area contributed by atoms with Crippen LogP contribution in [0.15, 0.2) is 36.5 Å². The number of amides is 1. The number of cyclic esters (lactones) is 2. The van der Waals surface area contributed by atoms with Crippen molar-refractivity contribution in [2.24, 2.45) is 11.8 Å². The molecule has 2 aromatic rings. The summed E-state index contributed by atoms with van der Waals surface area (Å²) in [5, 5.41) is 2.47. The van der Waals surface area contributed by atoms with Crippen molar-refractivity contribution in [3.05, 3.63) is 58.9 Å². The zero-order valence-electron chi connectivity index (χ0n) is 23.4. The van der Waals surface area contributed by atoms with Crippen molar-refractivity contribution in [2.75, 3.05) is 6.61 Å². The second-order valence-electron chi connectivity index (χ2n) is 9.88. The van der Waals surface area contributed by atoms with Crippen molar-refractivity contribution < 1.29 is 42.9 Å². The Morgan fingerprint density at radius 2 is 1.77 bits per heavy atom. The highest BCUT2D eigenvalue weighted by molar-refractivity contribution is 6.00. The highest BCUT2D eigenvalue weighted by atomic mass is 16.6. The fourth-order valence-corrected chi connectivity index (χ4v) is 4.09. The van der Waals surface area contributed by atoms with Crippen LogP contribution >= 0.6 is 0 Å². The molecule has 2 heterocycles. The molecule has 1 fully saturated rings. The standard InChI is InChI=1S/C29H34N2O9/c1-7-19-24(40-26(33)15(2)3)18(6)38-29(36)21(14-37-27(19)34)31-25(32)22-23(17(5)12-13-30-22)39-28(35)20-11-9-8-10-16(20)4/h8-13,15,18-19,21,24H,7,14H2,1-6H3,(H,31,32). The summed E-state index contributed by atoms with van der Waals surface area (Å²) in [7, 11) is 0. The number of aromatic nitrogens is 1. The average Bonchev–Trinajstić information content (AvgIpc) is 2.94. The minimum Gasteiger partial charge on any atom is -0.463 e. The van der Waals surface area contributed by atoms with Gasteiger partial charge in [-0.15, -0.1) is 0 Å². The van der Waals surface area contributed by atoms with Gasteiger partial charge >= 0.3 is 23.9 Å². The van der Waals surface area contributed by atoms with Gasteiger partial charge in [0.25, 0.3) is 5.91 Å². The van der Waals surface area contributed by atoms with Crippen LogP contribution in [0.3, 0.4) is 0 Å². The topological polar surface area (TPSA) is 147 Å². The quantitative estimate of drug-likeness (QED) is 0.400. The third-order valence-corrected chi connectivity index (χ3v) is 6.49. The first-order valence-corrected chi connectivity index (χ1v) is 13.1. The van der Waals surface area contributed by atoms with E-state index in [1.54, 1.807) is 65.0 Å². The van der Waals surface area contributed by atoms with E-state index in [1.165, 1.54) is 13.1 Å².